The zero-order valence-electron chi connectivity index (χ0n) is 4.55. The Morgan fingerprint density at radius 3 is 1.80 bits per heavy atom. The Bertz CT molecular complexity index is 157. The summed E-state index contributed by atoms with van der Waals surface area (Å²) >= 11 is 0.255. The first kappa shape index (κ1) is 9.32. The third-order valence-electron chi connectivity index (χ3n) is 0.496. The second kappa shape index (κ2) is 4.19. The highest BCUT2D eigenvalue weighted by Gasteiger charge is 2.19. The van der Waals surface area contributed by atoms with Crippen LogP contribution in [0.1, 0.15) is 0 Å². The molecule has 1 unspecified atom stereocenters. The maximum Gasteiger partial charge on any atom is 0.427 e. The summed E-state index contributed by atoms with van der Waals surface area (Å²) in [7, 11) is -1.47. The number of nitrogens with zero attached hydrogens (tertiary/aromatic N) is 1. The molecule has 0 aromatic heterocycles. The van der Waals surface area contributed by atoms with Crippen LogP contribution in [0.3, 0.4) is 0 Å². The van der Waals surface area contributed by atoms with Gasteiger partial charge in [-0.1, -0.05) is 0 Å². The largest absolute Gasteiger partial charge is 0.464 e. The van der Waals surface area contributed by atoms with E-state index in [1.807, 2.05) is 0 Å². The van der Waals surface area contributed by atoms with Crippen LogP contribution in [-0.4, -0.2) is 26.7 Å². The number of rotatable bonds is 2. The molecule has 10 heavy (non-hydrogen) atoms. The van der Waals surface area contributed by atoms with Crippen molar-refractivity contribution >= 4 is 31.4 Å². The molecule has 58 valence electrons. The van der Waals surface area contributed by atoms with Crippen LogP contribution in [0.4, 0.5) is 9.59 Å². The Balaban J connectivity index is 4.11. The van der Waals surface area contributed by atoms with Gasteiger partial charge >= 0.3 is 12.2 Å². The van der Waals surface area contributed by atoms with Gasteiger partial charge in [0.25, 0.3) is 0 Å². The van der Waals surface area contributed by atoms with Crippen LogP contribution in [-0.2, 0) is 4.57 Å². The Kier molecular flexibility index (Phi) is 3.90. The predicted molar refractivity (Wildman–Crippen MR) is 35.9 cm³/mol. The standard InChI is InChI=1S/C2H4NO5PS/c4-1(5)3(2(6)7)10-9-8/h9H2,(H,4,5)(H,6,7). The summed E-state index contributed by atoms with van der Waals surface area (Å²) in [6.07, 6.45) is -3.28. The summed E-state index contributed by atoms with van der Waals surface area (Å²) in [6.45, 7) is 0. The van der Waals surface area contributed by atoms with Crippen LogP contribution < -0.4 is 0 Å². The van der Waals surface area contributed by atoms with Crippen molar-refractivity contribution in [1.82, 2.24) is 4.31 Å². The zero-order chi connectivity index (χ0) is 8.15. The second-order valence-electron chi connectivity index (χ2n) is 1.06. The molecule has 0 aliphatic carbocycles. The molecule has 8 heteroatoms. The molecule has 6 nitrogen and oxygen atoms in total. The van der Waals surface area contributed by atoms with Crippen LogP contribution in [0.5, 0.6) is 0 Å². The fourth-order valence-electron chi connectivity index (χ4n) is 0.215. The first-order valence-electron chi connectivity index (χ1n) is 1.96. The highest BCUT2D eigenvalue weighted by atomic mass is 32.7. The smallest absolute Gasteiger partial charge is 0.427 e. The molecular weight excluding hydrogens is 181 g/mol. The lowest BCUT2D eigenvalue weighted by Gasteiger charge is -2.05. The van der Waals surface area contributed by atoms with E-state index in [4.69, 9.17) is 10.2 Å². The topological polar surface area (TPSA) is 94.9 Å². The number of carbonyl (C=O) groups is 2. The molecular formula is C2H4NO5PS. The van der Waals surface area contributed by atoms with E-state index in [1.165, 1.54) is 0 Å². The van der Waals surface area contributed by atoms with Gasteiger partial charge in [-0.3, -0.25) is 0 Å². The lowest BCUT2D eigenvalue weighted by atomic mass is 11.0. The normalized spacial score (nSPS) is 10.0. The molecule has 0 aliphatic heterocycles. The van der Waals surface area contributed by atoms with Crippen LogP contribution >= 0.6 is 19.2 Å². The maximum atomic E-state index is 9.93. The van der Waals surface area contributed by atoms with Crippen LogP contribution in [0.2, 0.25) is 0 Å². The summed E-state index contributed by atoms with van der Waals surface area (Å²) in [6, 6.07) is 0. The highest BCUT2D eigenvalue weighted by molar-refractivity contribution is 8.44. The summed E-state index contributed by atoms with van der Waals surface area (Å²) in [5.41, 5.74) is 0. The van der Waals surface area contributed by atoms with Crippen molar-refractivity contribution in [2.75, 3.05) is 0 Å². The van der Waals surface area contributed by atoms with Crippen LogP contribution in [0, 0.1) is 0 Å². The summed E-state index contributed by atoms with van der Waals surface area (Å²) < 4.78 is 9.82. The van der Waals surface area contributed by atoms with Crippen molar-refractivity contribution in [2.24, 2.45) is 0 Å². The van der Waals surface area contributed by atoms with Gasteiger partial charge in [0.2, 0.25) is 0 Å². The van der Waals surface area contributed by atoms with Crippen molar-refractivity contribution in [3.63, 3.8) is 0 Å². The van der Waals surface area contributed by atoms with Crippen molar-refractivity contribution in [2.45, 2.75) is 0 Å². The highest BCUT2D eigenvalue weighted by Crippen LogP contribution is 2.22. The number of hydrogen-bond donors (Lipinski definition) is 2. The van der Waals surface area contributed by atoms with Gasteiger partial charge in [-0.15, -0.1) is 4.31 Å². The van der Waals surface area contributed by atoms with Crippen molar-refractivity contribution in [3.8, 4) is 0 Å². The van der Waals surface area contributed by atoms with E-state index in [0.717, 1.165) is 0 Å². The number of imide groups is 1. The Hall–Kier alpha value is -0.680. The Morgan fingerprint density at radius 1 is 1.30 bits per heavy atom. The van der Waals surface area contributed by atoms with E-state index in [2.05, 4.69) is 0 Å². The maximum absolute atomic E-state index is 9.93. The monoisotopic (exact) mass is 185 g/mol. The number of amides is 2. The molecule has 0 bridgehead atoms. The Labute approximate surface area is 60.9 Å². The lowest BCUT2D eigenvalue weighted by Crippen LogP contribution is -2.26. The molecule has 0 aromatic carbocycles. The van der Waals surface area contributed by atoms with Gasteiger partial charge in [0.15, 0.2) is 0 Å². The lowest BCUT2D eigenvalue weighted by molar-refractivity contribution is 0.152. The number of hydrogen-bond acceptors (Lipinski definition) is 4. The summed E-state index contributed by atoms with van der Waals surface area (Å²) in [5, 5.41) is 16.1. The molecule has 0 fully saturated rings. The minimum atomic E-state index is -1.64. The third-order valence-corrected chi connectivity index (χ3v) is 2.00. The molecule has 2 N–H and O–H groups in total. The second-order valence-corrected chi connectivity index (χ2v) is 3.04. The van der Waals surface area contributed by atoms with Gasteiger partial charge in [-0.05, 0) is 0 Å². The molecule has 0 spiro atoms. The average Bonchev–Trinajstić information content (AvgIpc) is 1.81. The molecule has 0 radical (unpaired) electrons. The van der Waals surface area contributed by atoms with Crippen LogP contribution in [0.25, 0.3) is 0 Å². The zero-order valence-corrected chi connectivity index (χ0v) is 6.52. The van der Waals surface area contributed by atoms with E-state index in [0.29, 0.717) is 0 Å². The van der Waals surface area contributed by atoms with E-state index in [-0.39, 0.29) is 15.9 Å². The fourth-order valence-corrected chi connectivity index (χ4v) is 1.28. The fraction of sp³-hybridized carbons (Fsp3) is 0. The average molecular weight is 185 g/mol. The quantitative estimate of drug-likeness (QED) is 0.491. The molecule has 2 amide bonds. The molecule has 0 saturated heterocycles. The first-order chi connectivity index (χ1) is 4.59. The van der Waals surface area contributed by atoms with E-state index in [9.17, 15) is 14.2 Å². The van der Waals surface area contributed by atoms with Crippen molar-refractivity contribution < 1.29 is 24.4 Å². The molecule has 1 atom stereocenters. The van der Waals surface area contributed by atoms with Gasteiger partial charge in [-0.2, -0.15) is 0 Å². The number of carboxylic acid groups (broad SMARTS) is 2. The van der Waals surface area contributed by atoms with Gasteiger partial charge in [0.05, 0.1) is 0 Å². The van der Waals surface area contributed by atoms with Gasteiger partial charge < -0.3 is 14.8 Å². The van der Waals surface area contributed by atoms with E-state index >= 15 is 0 Å². The summed E-state index contributed by atoms with van der Waals surface area (Å²) in [5.74, 6) is 0. The molecule has 0 saturated carbocycles. The minimum absolute atomic E-state index is 0.0116. The van der Waals surface area contributed by atoms with Gasteiger partial charge in [0.1, 0.15) is 7.66 Å². The van der Waals surface area contributed by atoms with E-state index < -0.39 is 19.8 Å². The van der Waals surface area contributed by atoms with E-state index in [1.54, 1.807) is 0 Å². The van der Waals surface area contributed by atoms with Gasteiger partial charge in [-0.25, -0.2) is 9.59 Å². The molecule has 0 rings (SSSR count). The predicted octanol–water partition coefficient (Wildman–Crippen LogP) is 0.964. The molecule has 0 aliphatic rings. The van der Waals surface area contributed by atoms with Crippen molar-refractivity contribution in [1.29, 1.82) is 0 Å². The SMILES string of the molecule is O=[PH2]SN(C(=O)O)C(=O)O. The van der Waals surface area contributed by atoms with Crippen molar-refractivity contribution in [3.05, 3.63) is 0 Å². The first-order valence-corrected chi connectivity index (χ1v) is 4.68. The molecule has 0 aromatic rings. The van der Waals surface area contributed by atoms with Crippen LogP contribution in [0.15, 0.2) is 0 Å². The van der Waals surface area contributed by atoms with Gasteiger partial charge in [0, 0.05) is 11.6 Å². The third kappa shape index (κ3) is 2.75. The molecule has 0 heterocycles. The Morgan fingerprint density at radius 2 is 1.70 bits per heavy atom. The minimum Gasteiger partial charge on any atom is -0.464 e. The summed E-state index contributed by atoms with van der Waals surface area (Å²) in [4.78, 5) is 19.9.